The summed E-state index contributed by atoms with van der Waals surface area (Å²) < 4.78 is 78.7. The van der Waals surface area contributed by atoms with Gasteiger partial charge in [0.05, 0.1) is 22.9 Å². The molecule has 2 N–H and O–H groups in total. The van der Waals surface area contributed by atoms with Gasteiger partial charge in [0, 0.05) is 11.9 Å². The molecule has 0 fully saturated rings. The van der Waals surface area contributed by atoms with Crippen molar-refractivity contribution in [3.05, 3.63) is 71.7 Å². The highest BCUT2D eigenvalue weighted by molar-refractivity contribution is 7.92. The molecule has 3 aromatic rings. The molecular weight excluding hydrogens is 398 g/mol. The molecule has 5 nitrogen and oxygen atoms in total. The number of rotatable bonds is 4. The van der Waals surface area contributed by atoms with Crippen molar-refractivity contribution in [2.24, 2.45) is 0 Å². The van der Waals surface area contributed by atoms with Gasteiger partial charge in [-0.25, -0.2) is 12.8 Å². The standard InChI is InChI=1S/C18H11F4N3O2S/c19-15-7-11(9-23)1-6-16(15)25-28(26,27)14-8-17(24-10-14)12-2-4-13(5-3-12)18(20,21)22/h1-8,10,24-25H. The number of aromatic nitrogens is 1. The average molecular weight is 409 g/mol. The Balaban J connectivity index is 1.85. The van der Waals surface area contributed by atoms with Crippen LogP contribution in [0.15, 0.2) is 59.6 Å². The van der Waals surface area contributed by atoms with Crippen molar-refractivity contribution in [2.45, 2.75) is 11.1 Å². The first kappa shape index (κ1) is 19.4. The third kappa shape index (κ3) is 3.99. The lowest BCUT2D eigenvalue weighted by molar-refractivity contribution is -0.137. The molecule has 0 aliphatic heterocycles. The van der Waals surface area contributed by atoms with Gasteiger partial charge in [-0.05, 0) is 42.0 Å². The van der Waals surface area contributed by atoms with Gasteiger partial charge in [-0.1, -0.05) is 12.1 Å². The molecule has 1 aromatic heterocycles. The van der Waals surface area contributed by atoms with E-state index in [1.165, 1.54) is 24.3 Å². The molecule has 0 unspecified atom stereocenters. The normalized spacial score (nSPS) is 11.8. The zero-order chi connectivity index (χ0) is 20.5. The Labute approximate surface area is 157 Å². The van der Waals surface area contributed by atoms with E-state index in [9.17, 15) is 26.0 Å². The third-order valence-corrected chi connectivity index (χ3v) is 5.18. The van der Waals surface area contributed by atoms with Crippen LogP contribution in [-0.4, -0.2) is 13.4 Å². The number of H-pyrrole nitrogens is 1. The van der Waals surface area contributed by atoms with Gasteiger partial charge < -0.3 is 4.98 Å². The van der Waals surface area contributed by atoms with E-state index < -0.39 is 27.6 Å². The topological polar surface area (TPSA) is 85.8 Å². The Hall–Kier alpha value is -3.32. The molecule has 0 aliphatic carbocycles. The van der Waals surface area contributed by atoms with Gasteiger partial charge in [0.15, 0.2) is 0 Å². The van der Waals surface area contributed by atoms with E-state index >= 15 is 0 Å². The Morgan fingerprint density at radius 2 is 1.71 bits per heavy atom. The molecule has 2 aromatic carbocycles. The largest absolute Gasteiger partial charge is 0.416 e. The Morgan fingerprint density at radius 1 is 1.04 bits per heavy atom. The monoisotopic (exact) mass is 409 g/mol. The first-order valence-corrected chi connectivity index (χ1v) is 9.17. The summed E-state index contributed by atoms with van der Waals surface area (Å²) >= 11 is 0. The number of aromatic amines is 1. The molecule has 1 heterocycles. The highest BCUT2D eigenvalue weighted by atomic mass is 32.2. The molecule has 0 spiro atoms. The number of alkyl halides is 3. The van der Waals surface area contributed by atoms with Crippen molar-refractivity contribution in [1.82, 2.24) is 4.98 Å². The number of hydrogen-bond acceptors (Lipinski definition) is 3. The second-order valence-corrected chi connectivity index (χ2v) is 7.42. The summed E-state index contributed by atoms with van der Waals surface area (Å²) in [5.41, 5.74) is -0.509. The summed E-state index contributed by atoms with van der Waals surface area (Å²) in [5.74, 6) is -0.916. The third-order valence-electron chi connectivity index (χ3n) is 3.83. The minimum atomic E-state index is -4.47. The molecule has 0 radical (unpaired) electrons. The second-order valence-electron chi connectivity index (χ2n) is 5.74. The minimum Gasteiger partial charge on any atom is -0.360 e. The van der Waals surface area contributed by atoms with Gasteiger partial charge in [0.25, 0.3) is 10.0 Å². The van der Waals surface area contributed by atoms with E-state index in [0.29, 0.717) is 5.56 Å². The van der Waals surface area contributed by atoms with Crippen molar-refractivity contribution < 1.29 is 26.0 Å². The van der Waals surface area contributed by atoms with E-state index in [0.717, 1.165) is 30.5 Å². The Morgan fingerprint density at radius 3 is 2.29 bits per heavy atom. The predicted octanol–water partition coefficient (Wildman–Crippen LogP) is 4.51. The first-order chi connectivity index (χ1) is 13.1. The summed E-state index contributed by atoms with van der Waals surface area (Å²) in [4.78, 5) is 2.44. The van der Waals surface area contributed by atoms with E-state index in [4.69, 9.17) is 5.26 Å². The zero-order valence-electron chi connectivity index (χ0n) is 13.9. The predicted molar refractivity (Wildman–Crippen MR) is 93.2 cm³/mol. The number of halogens is 4. The zero-order valence-corrected chi connectivity index (χ0v) is 14.7. The highest BCUT2D eigenvalue weighted by Crippen LogP contribution is 2.31. The van der Waals surface area contributed by atoms with Crippen LogP contribution < -0.4 is 4.72 Å². The van der Waals surface area contributed by atoms with Crippen LogP contribution in [0, 0.1) is 17.1 Å². The SMILES string of the molecule is N#Cc1ccc(NS(=O)(=O)c2c[nH]c(-c3ccc(C(F)(F)F)cc3)c2)c(F)c1. The lowest BCUT2D eigenvalue weighted by Crippen LogP contribution is -2.13. The quantitative estimate of drug-likeness (QED) is 0.622. The molecule has 10 heteroatoms. The molecule has 0 amide bonds. The van der Waals surface area contributed by atoms with E-state index in [1.807, 2.05) is 0 Å². The summed E-state index contributed by atoms with van der Waals surface area (Å²) in [6.45, 7) is 0. The van der Waals surface area contributed by atoms with Gasteiger partial charge in [-0.2, -0.15) is 18.4 Å². The van der Waals surface area contributed by atoms with Gasteiger partial charge in [-0.15, -0.1) is 0 Å². The van der Waals surface area contributed by atoms with Crippen LogP contribution in [0.3, 0.4) is 0 Å². The average Bonchev–Trinajstić information content (AvgIpc) is 3.14. The fraction of sp³-hybridized carbons (Fsp3) is 0.0556. The maximum Gasteiger partial charge on any atom is 0.416 e. The number of nitriles is 1. The fourth-order valence-corrected chi connectivity index (χ4v) is 3.47. The van der Waals surface area contributed by atoms with Crippen LogP contribution in [0.4, 0.5) is 23.2 Å². The summed E-state index contributed by atoms with van der Waals surface area (Å²) in [7, 11) is -4.16. The highest BCUT2D eigenvalue weighted by Gasteiger charge is 2.30. The molecule has 3 rings (SSSR count). The van der Waals surface area contributed by atoms with E-state index in [-0.39, 0.29) is 21.8 Å². The van der Waals surface area contributed by atoms with Crippen LogP contribution in [-0.2, 0) is 16.2 Å². The Bertz CT molecular complexity index is 1160. The van der Waals surface area contributed by atoms with Gasteiger partial charge in [-0.3, -0.25) is 4.72 Å². The number of benzene rings is 2. The number of hydrogen-bond donors (Lipinski definition) is 2. The maximum absolute atomic E-state index is 13.9. The van der Waals surface area contributed by atoms with Crippen molar-refractivity contribution in [1.29, 1.82) is 5.26 Å². The number of nitrogens with one attached hydrogen (secondary N) is 2. The van der Waals surface area contributed by atoms with E-state index in [2.05, 4.69) is 9.71 Å². The minimum absolute atomic E-state index is 0.0340. The van der Waals surface area contributed by atoms with Crippen LogP contribution in [0.5, 0.6) is 0 Å². The van der Waals surface area contributed by atoms with Crippen molar-refractivity contribution in [2.75, 3.05) is 4.72 Å². The van der Waals surface area contributed by atoms with Crippen molar-refractivity contribution in [3.63, 3.8) is 0 Å². The number of anilines is 1. The number of sulfonamides is 1. The van der Waals surface area contributed by atoms with Crippen LogP contribution in [0.2, 0.25) is 0 Å². The van der Waals surface area contributed by atoms with Crippen molar-refractivity contribution in [3.8, 4) is 17.3 Å². The summed E-state index contributed by atoms with van der Waals surface area (Å²) in [6.07, 6.45) is -3.34. The summed E-state index contributed by atoms with van der Waals surface area (Å²) in [5, 5.41) is 8.71. The number of nitrogens with zero attached hydrogens (tertiary/aromatic N) is 1. The summed E-state index contributed by atoms with van der Waals surface area (Å²) in [6, 6.07) is 10.4. The Kier molecular flexibility index (Phi) is 4.87. The van der Waals surface area contributed by atoms with Gasteiger partial charge in [0.2, 0.25) is 0 Å². The smallest absolute Gasteiger partial charge is 0.360 e. The lowest BCUT2D eigenvalue weighted by atomic mass is 10.1. The second kappa shape index (κ2) is 7.01. The van der Waals surface area contributed by atoms with Crippen LogP contribution >= 0.6 is 0 Å². The van der Waals surface area contributed by atoms with Crippen LogP contribution in [0.25, 0.3) is 11.3 Å². The van der Waals surface area contributed by atoms with Crippen molar-refractivity contribution >= 4 is 15.7 Å². The lowest BCUT2D eigenvalue weighted by Gasteiger charge is -2.08. The molecule has 28 heavy (non-hydrogen) atoms. The first-order valence-electron chi connectivity index (χ1n) is 7.69. The molecule has 0 saturated carbocycles. The van der Waals surface area contributed by atoms with Gasteiger partial charge in [0.1, 0.15) is 10.7 Å². The maximum atomic E-state index is 13.9. The molecule has 0 saturated heterocycles. The van der Waals surface area contributed by atoms with Gasteiger partial charge >= 0.3 is 6.18 Å². The fourth-order valence-electron chi connectivity index (χ4n) is 2.41. The molecule has 144 valence electrons. The molecule has 0 aliphatic rings. The molecular formula is C18H11F4N3O2S. The molecule has 0 atom stereocenters. The van der Waals surface area contributed by atoms with E-state index in [1.54, 1.807) is 6.07 Å². The molecule has 0 bridgehead atoms. The van der Waals surface area contributed by atoms with Crippen LogP contribution in [0.1, 0.15) is 11.1 Å².